The van der Waals surface area contributed by atoms with E-state index in [1.165, 1.54) is 22.3 Å². The van der Waals surface area contributed by atoms with Crippen molar-refractivity contribution in [1.29, 1.82) is 0 Å². The molecule has 2 aromatic rings. The fraction of sp³-hybridized carbons (Fsp3) is 0.111. The van der Waals surface area contributed by atoms with E-state index in [1.54, 1.807) is 6.26 Å². The normalized spacial score (nSPS) is 16.9. The molecule has 0 radical (unpaired) electrons. The van der Waals surface area contributed by atoms with Crippen LogP contribution in [0.4, 0.5) is 0 Å². The van der Waals surface area contributed by atoms with Crippen LogP contribution in [-0.2, 0) is 10.8 Å². The van der Waals surface area contributed by atoms with Gasteiger partial charge in [0.1, 0.15) is 0 Å². The molecule has 0 saturated carbocycles. The predicted molar refractivity (Wildman–Crippen MR) is 86.7 cm³/mol. The number of allylic oxidation sites excluding steroid dienone is 2. The lowest BCUT2D eigenvalue weighted by molar-refractivity contribution is 0.687. The van der Waals surface area contributed by atoms with Gasteiger partial charge < -0.3 is 0 Å². The van der Waals surface area contributed by atoms with Crippen LogP contribution in [0, 0.1) is 0 Å². The van der Waals surface area contributed by atoms with E-state index in [0.29, 0.717) is 0 Å². The van der Waals surface area contributed by atoms with Gasteiger partial charge >= 0.3 is 0 Å². The van der Waals surface area contributed by atoms with Crippen LogP contribution in [0.25, 0.3) is 17.7 Å². The first-order chi connectivity index (χ1) is 9.65. The number of hydrogen-bond acceptors (Lipinski definition) is 1. The maximum Gasteiger partial charge on any atom is 0.0498 e. The van der Waals surface area contributed by atoms with Gasteiger partial charge in [-0.25, -0.2) is 0 Å². The summed E-state index contributed by atoms with van der Waals surface area (Å²) >= 11 is 0. The summed E-state index contributed by atoms with van der Waals surface area (Å²) in [6.07, 6.45) is 6.12. The Kier molecular flexibility index (Phi) is 3.41. The molecular formula is C18H16OS. The van der Waals surface area contributed by atoms with Gasteiger partial charge in [-0.2, -0.15) is 0 Å². The van der Waals surface area contributed by atoms with Gasteiger partial charge in [-0.15, -0.1) is 0 Å². The topological polar surface area (TPSA) is 17.1 Å². The van der Waals surface area contributed by atoms with Crippen LogP contribution in [0.3, 0.4) is 0 Å². The van der Waals surface area contributed by atoms with E-state index < -0.39 is 10.8 Å². The van der Waals surface area contributed by atoms with Crippen molar-refractivity contribution in [3.63, 3.8) is 0 Å². The summed E-state index contributed by atoms with van der Waals surface area (Å²) in [7, 11) is -0.916. The zero-order chi connectivity index (χ0) is 14.1. The third-order valence-electron chi connectivity index (χ3n) is 3.57. The van der Waals surface area contributed by atoms with E-state index in [4.69, 9.17) is 0 Å². The van der Waals surface area contributed by atoms with Crippen LogP contribution in [0.5, 0.6) is 0 Å². The van der Waals surface area contributed by atoms with Crippen molar-refractivity contribution in [3.8, 4) is 0 Å². The summed E-state index contributed by atoms with van der Waals surface area (Å²) in [6.45, 7) is 2.14. The minimum Gasteiger partial charge on any atom is -0.255 e. The second-order valence-corrected chi connectivity index (χ2v) is 6.38. The molecule has 1 aliphatic rings. The molecule has 0 amide bonds. The zero-order valence-corrected chi connectivity index (χ0v) is 12.4. The maximum absolute atomic E-state index is 11.4. The summed E-state index contributed by atoms with van der Waals surface area (Å²) in [5.41, 5.74) is 6.26. The number of hydrogen-bond donors (Lipinski definition) is 0. The molecule has 0 bridgehead atoms. The lowest BCUT2D eigenvalue weighted by Crippen LogP contribution is -1.87. The third kappa shape index (κ3) is 2.39. The van der Waals surface area contributed by atoms with Crippen LogP contribution in [0.15, 0.2) is 59.0 Å². The van der Waals surface area contributed by atoms with Gasteiger partial charge in [-0.1, -0.05) is 42.5 Å². The first-order valence-electron chi connectivity index (χ1n) is 6.58. The predicted octanol–water partition coefficient (Wildman–Crippen LogP) is 4.38. The first-order valence-corrected chi connectivity index (χ1v) is 8.14. The highest BCUT2D eigenvalue weighted by Crippen LogP contribution is 2.36. The summed E-state index contributed by atoms with van der Waals surface area (Å²) in [5, 5.41) is 0. The Morgan fingerprint density at radius 1 is 1.00 bits per heavy atom. The second kappa shape index (κ2) is 5.22. The molecule has 0 aliphatic heterocycles. The molecule has 0 N–H and O–H groups in total. The van der Waals surface area contributed by atoms with Crippen molar-refractivity contribution < 1.29 is 4.21 Å². The average molecular weight is 280 g/mol. The minimum atomic E-state index is -0.916. The van der Waals surface area contributed by atoms with Gasteiger partial charge in [0.25, 0.3) is 0 Å². The van der Waals surface area contributed by atoms with E-state index in [1.807, 2.05) is 24.3 Å². The molecule has 3 rings (SSSR count). The summed E-state index contributed by atoms with van der Waals surface area (Å²) in [4.78, 5) is 0.867. The minimum absolute atomic E-state index is 0.867. The Bertz CT molecular complexity index is 736. The average Bonchev–Trinajstić information content (AvgIpc) is 2.76. The molecule has 0 fully saturated rings. The molecule has 100 valence electrons. The van der Waals surface area contributed by atoms with E-state index in [0.717, 1.165) is 10.5 Å². The summed E-state index contributed by atoms with van der Waals surface area (Å²) in [5.74, 6) is 0. The van der Waals surface area contributed by atoms with E-state index in [9.17, 15) is 4.21 Å². The van der Waals surface area contributed by atoms with Crippen molar-refractivity contribution in [3.05, 3.63) is 70.8 Å². The fourth-order valence-electron chi connectivity index (χ4n) is 2.51. The Hall–Kier alpha value is -1.93. The molecule has 20 heavy (non-hydrogen) atoms. The number of benzene rings is 2. The molecule has 2 heteroatoms. The highest BCUT2D eigenvalue weighted by molar-refractivity contribution is 7.84. The van der Waals surface area contributed by atoms with Crippen molar-refractivity contribution in [1.82, 2.24) is 0 Å². The molecule has 0 spiro atoms. The van der Waals surface area contributed by atoms with Gasteiger partial charge in [0.05, 0.1) is 0 Å². The molecule has 0 heterocycles. The largest absolute Gasteiger partial charge is 0.255 e. The Morgan fingerprint density at radius 2 is 1.70 bits per heavy atom. The highest BCUT2D eigenvalue weighted by Gasteiger charge is 2.14. The van der Waals surface area contributed by atoms with Gasteiger partial charge in [-0.05, 0) is 53.0 Å². The number of fused-ring (bicyclic) bond motifs is 1. The molecule has 1 aliphatic carbocycles. The SMILES string of the molecule is CC1=Cc2ccccc2/C1=C\c1ccc([S@@](C)=O)cc1. The van der Waals surface area contributed by atoms with Crippen molar-refractivity contribution in [2.24, 2.45) is 0 Å². The lowest BCUT2D eigenvalue weighted by atomic mass is 10.0. The van der Waals surface area contributed by atoms with Gasteiger partial charge in [0.15, 0.2) is 0 Å². The second-order valence-electron chi connectivity index (χ2n) is 5.00. The standard InChI is InChI=1S/C18H16OS/c1-13-11-15-5-3-4-6-17(15)18(13)12-14-7-9-16(10-8-14)20(2)19/h3-12H,1-2H3/b18-12-/t20-/m1/s1. The van der Waals surface area contributed by atoms with Crippen LogP contribution in [0.2, 0.25) is 0 Å². The zero-order valence-electron chi connectivity index (χ0n) is 11.6. The molecule has 2 aromatic carbocycles. The lowest BCUT2D eigenvalue weighted by Gasteiger charge is -2.04. The molecule has 0 saturated heterocycles. The smallest absolute Gasteiger partial charge is 0.0498 e. The third-order valence-corrected chi connectivity index (χ3v) is 4.51. The Morgan fingerprint density at radius 3 is 2.40 bits per heavy atom. The Balaban J connectivity index is 2.01. The summed E-state index contributed by atoms with van der Waals surface area (Å²) < 4.78 is 11.4. The van der Waals surface area contributed by atoms with E-state index in [-0.39, 0.29) is 0 Å². The highest BCUT2D eigenvalue weighted by atomic mass is 32.2. The van der Waals surface area contributed by atoms with Crippen molar-refractivity contribution in [2.75, 3.05) is 6.26 Å². The van der Waals surface area contributed by atoms with Crippen LogP contribution >= 0.6 is 0 Å². The maximum atomic E-state index is 11.4. The quantitative estimate of drug-likeness (QED) is 0.797. The van der Waals surface area contributed by atoms with Crippen LogP contribution in [0.1, 0.15) is 23.6 Å². The van der Waals surface area contributed by atoms with Gasteiger partial charge in [0, 0.05) is 22.0 Å². The molecule has 1 atom stereocenters. The van der Waals surface area contributed by atoms with E-state index in [2.05, 4.69) is 43.3 Å². The molecule has 0 unspecified atom stereocenters. The molecule has 0 aromatic heterocycles. The van der Waals surface area contributed by atoms with Crippen LogP contribution < -0.4 is 0 Å². The fourth-order valence-corrected chi connectivity index (χ4v) is 3.02. The first kappa shape index (κ1) is 13.1. The van der Waals surface area contributed by atoms with Gasteiger partial charge in [-0.3, -0.25) is 4.21 Å². The van der Waals surface area contributed by atoms with E-state index >= 15 is 0 Å². The van der Waals surface area contributed by atoms with Crippen LogP contribution in [-0.4, -0.2) is 10.5 Å². The van der Waals surface area contributed by atoms with Crippen molar-refractivity contribution in [2.45, 2.75) is 11.8 Å². The van der Waals surface area contributed by atoms with Gasteiger partial charge in [0.2, 0.25) is 0 Å². The Labute approximate surface area is 122 Å². The molecular weight excluding hydrogens is 264 g/mol. The van der Waals surface area contributed by atoms with Crippen molar-refractivity contribution >= 4 is 28.5 Å². The number of rotatable bonds is 2. The monoisotopic (exact) mass is 280 g/mol. The summed E-state index contributed by atoms with van der Waals surface area (Å²) in [6, 6.07) is 16.4. The molecule has 1 nitrogen and oxygen atoms in total.